The van der Waals surface area contributed by atoms with Crippen LogP contribution in [-0.4, -0.2) is 0 Å². The molecule has 0 atom stereocenters. The lowest BCUT2D eigenvalue weighted by atomic mass is 9.87. The van der Waals surface area contributed by atoms with Crippen LogP contribution in [0, 0.1) is 18.1 Å². The summed E-state index contributed by atoms with van der Waals surface area (Å²) < 4.78 is 29.3. The van der Waals surface area contributed by atoms with Gasteiger partial charge in [0.05, 0.1) is 0 Å². The van der Waals surface area contributed by atoms with E-state index in [9.17, 15) is 8.78 Å². The Morgan fingerprint density at radius 2 is 1.00 bits per heavy atom. The largest absolute Gasteiger partial charge is 0.206 e. The third kappa shape index (κ3) is 2.48. The molecule has 2 heteroatoms. The normalized spacial score (nSPS) is 11.9. The summed E-state index contributed by atoms with van der Waals surface area (Å²) in [5, 5.41) is 0. The second-order valence-corrected chi connectivity index (χ2v) is 6.64. The van der Waals surface area contributed by atoms with E-state index in [-0.39, 0.29) is 11.6 Å². The van der Waals surface area contributed by atoms with Crippen molar-refractivity contribution < 1.29 is 8.78 Å². The first-order valence-electron chi connectivity index (χ1n) is 8.85. The van der Waals surface area contributed by atoms with Gasteiger partial charge in [-0.1, -0.05) is 72.8 Å². The van der Waals surface area contributed by atoms with E-state index in [0.717, 1.165) is 27.8 Å². The molecule has 0 bridgehead atoms. The quantitative estimate of drug-likeness (QED) is 0.324. The van der Waals surface area contributed by atoms with Crippen LogP contribution in [0.25, 0.3) is 33.4 Å². The molecule has 0 spiro atoms. The Kier molecular flexibility index (Phi) is 3.64. The Bertz CT molecular complexity index is 1170. The lowest BCUT2D eigenvalue weighted by molar-refractivity contribution is 0.629. The van der Waals surface area contributed by atoms with Gasteiger partial charge in [0, 0.05) is 17.5 Å². The van der Waals surface area contributed by atoms with E-state index in [4.69, 9.17) is 0 Å². The molecule has 1 radical (unpaired) electrons. The summed E-state index contributed by atoms with van der Waals surface area (Å²) in [6, 6.07) is 25.3. The smallest absolute Gasteiger partial charge is 0.131 e. The van der Waals surface area contributed by atoms with Crippen LogP contribution in [0.15, 0.2) is 84.9 Å². The predicted molar refractivity (Wildman–Crippen MR) is 105 cm³/mol. The monoisotopic (exact) mass is 353 g/mol. The molecule has 0 fully saturated rings. The zero-order valence-corrected chi connectivity index (χ0v) is 14.4. The zero-order valence-electron chi connectivity index (χ0n) is 14.4. The minimum absolute atomic E-state index is 0.312. The first-order valence-corrected chi connectivity index (χ1v) is 8.85. The standard InChI is InChI=1S/C25H15F2/c26-23-11-5-3-9-19(23)20-14-13-18-17-8-2-1-7-16(17)15-22(18)25(20)21-10-4-6-12-24(21)27/h1-15H. The summed E-state index contributed by atoms with van der Waals surface area (Å²) in [5.74, 6) is -0.626. The summed E-state index contributed by atoms with van der Waals surface area (Å²) >= 11 is 0. The molecule has 0 aliphatic heterocycles. The summed E-state index contributed by atoms with van der Waals surface area (Å²) in [6.45, 7) is 0. The molecule has 0 unspecified atom stereocenters. The van der Waals surface area contributed by atoms with E-state index in [1.54, 1.807) is 30.3 Å². The molecular weight excluding hydrogens is 338 g/mol. The maximum Gasteiger partial charge on any atom is 0.131 e. The number of rotatable bonds is 2. The summed E-state index contributed by atoms with van der Waals surface area (Å²) in [5.41, 5.74) is 6.57. The van der Waals surface area contributed by atoms with Crippen LogP contribution in [-0.2, 0) is 0 Å². The van der Waals surface area contributed by atoms with Crippen molar-refractivity contribution in [3.8, 4) is 33.4 Å². The molecule has 0 saturated heterocycles. The molecule has 129 valence electrons. The van der Waals surface area contributed by atoms with Crippen molar-refractivity contribution in [2.75, 3.05) is 0 Å². The van der Waals surface area contributed by atoms with Crippen LogP contribution in [0.2, 0.25) is 0 Å². The summed E-state index contributed by atoms with van der Waals surface area (Å²) in [6.07, 6.45) is 2.07. The number of hydrogen-bond donors (Lipinski definition) is 0. The number of halogens is 2. The third-order valence-corrected chi connectivity index (χ3v) is 5.10. The first kappa shape index (κ1) is 16.0. The van der Waals surface area contributed by atoms with Gasteiger partial charge in [-0.2, -0.15) is 0 Å². The van der Waals surface area contributed by atoms with Crippen LogP contribution in [0.1, 0.15) is 11.1 Å². The Hall–Kier alpha value is -3.26. The van der Waals surface area contributed by atoms with Gasteiger partial charge in [0.1, 0.15) is 11.6 Å². The zero-order chi connectivity index (χ0) is 18.4. The van der Waals surface area contributed by atoms with Crippen molar-refractivity contribution in [1.82, 2.24) is 0 Å². The van der Waals surface area contributed by atoms with E-state index in [1.165, 1.54) is 12.1 Å². The molecule has 27 heavy (non-hydrogen) atoms. The van der Waals surface area contributed by atoms with Gasteiger partial charge >= 0.3 is 0 Å². The number of benzene rings is 4. The third-order valence-electron chi connectivity index (χ3n) is 5.10. The van der Waals surface area contributed by atoms with Crippen LogP contribution < -0.4 is 0 Å². The van der Waals surface area contributed by atoms with Gasteiger partial charge in [0.25, 0.3) is 0 Å². The molecule has 0 N–H and O–H groups in total. The molecule has 0 amide bonds. The Morgan fingerprint density at radius 3 is 1.70 bits per heavy atom. The highest BCUT2D eigenvalue weighted by atomic mass is 19.1. The van der Waals surface area contributed by atoms with Crippen LogP contribution in [0.4, 0.5) is 8.78 Å². The molecule has 0 nitrogen and oxygen atoms in total. The highest BCUT2D eigenvalue weighted by molar-refractivity contribution is 5.96. The molecule has 1 aliphatic carbocycles. The van der Waals surface area contributed by atoms with Gasteiger partial charge in [-0.15, -0.1) is 0 Å². The van der Waals surface area contributed by atoms with Gasteiger partial charge in [-0.3, -0.25) is 0 Å². The fourth-order valence-electron chi connectivity index (χ4n) is 3.89. The van der Waals surface area contributed by atoms with Gasteiger partial charge in [-0.25, -0.2) is 8.78 Å². The van der Waals surface area contributed by atoms with Crippen LogP contribution in [0.3, 0.4) is 0 Å². The number of hydrogen-bond acceptors (Lipinski definition) is 0. The fraction of sp³-hybridized carbons (Fsp3) is 0. The van der Waals surface area contributed by atoms with E-state index < -0.39 is 0 Å². The highest BCUT2D eigenvalue weighted by Gasteiger charge is 2.26. The van der Waals surface area contributed by atoms with Crippen LogP contribution >= 0.6 is 0 Å². The van der Waals surface area contributed by atoms with Crippen molar-refractivity contribution in [3.63, 3.8) is 0 Å². The van der Waals surface area contributed by atoms with Crippen molar-refractivity contribution in [2.45, 2.75) is 0 Å². The fourth-order valence-corrected chi connectivity index (χ4v) is 3.89. The Morgan fingerprint density at radius 1 is 0.444 bits per heavy atom. The minimum Gasteiger partial charge on any atom is -0.206 e. The maximum absolute atomic E-state index is 14.8. The SMILES string of the molecule is Fc1ccccc1-c1ccc2c(c1-c1ccccc1F)[CH]c1ccccc1-2. The second kappa shape index (κ2) is 6.17. The molecule has 0 aromatic heterocycles. The average molecular weight is 353 g/mol. The van der Waals surface area contributed by atoms with Gasteiger partial charge in [0.15, 0.2) is 0 Å². The van der Waals surface area contributed by atoms with E-state index in [1.807, 2.05) is 36.4 Å². The maximum atomic E-state index is 14.8. The predicted octanol–water partition coefficient (Wildman–Crippen LogP) is 6.88. The summed E-state index contributed by atoms with van der Waals surface area (Å²) in [7, 11) is 0. The van der Waals surface area contributed by atoms with Crippen LogP contribution in [0.5, 0.6) is 0 Å². The van der Waals surface area contributed by atoms with Gasteiger partial charge < -0.3 is 0 Å². The van der Waals surface area contributed by atoms with Crippen molar-refractivity contribution in [1.29, 1.82) is 0 Å². The first-order chi connectivity index (χ1) is 13.2. The molecule has 5 rings (SSSR count). The molecule has 0 saturated carbocycles. The van der Waals surface area contributed by atoms with Gasteiger partial charge in [-0.05, 0) is 45.5 Å². The lowest BCUT2D eigenvalue weighted by Crippen LogP contribution is -1.95. The lowest BCUT2D eigenvalue weighted by Gasteiger charge is -2.16. The van der Waals surface area contributed by atoms with E-state index in [0.29, 0.717) is 16.7 Å². The topological polar surface area (TPSA) is 0 Å². The van der Waals surface area contributed by atoms with Crippen molar-refractivity contribution in [3.05, 3.63) is 114 Å². The molecular formula is C25H15F2. The van der Waals surface area contributed by atoms with Crippen molar-refractivity contribution >= 4 is 0 Å². The average Bonchev–Trinajstić information content (AvgIpc) is 3.07. The minimum atomic E-state index is -0.314. The molecule has 4 aromatic carbocycles. The molecule has 4 aromatic rings. The molecule has 1 aliphatic rings. The number of fused-ring (bicyclic) bond motifs is 3. The van der Waals surface area contributed by atoms with Crippen molar-refractivity contribution in [2.24, 2.45) is 0 Å². The Labute approximate surface area is 156 Å². The molecule has 0 heterocycles. The summed E-state index contributed by atoms with van der Waals surface area (Å²) in [4.78, 5) is 0. The van der Waals surface area contributed by atoms with Gasteiger partial charge in [0.2, 0.25) is 0 Å². The Balaban J connectivity index is 1.86. The second-order valence-electron chi connectivity index (χ2n) is 6.64. The van der Waals surface area contributed by atoms with E-state index in [2.05, 4.69) is 12.5 Å². The highest BCUT2D eigenvalue weighted by Crippen LogP contribution is 2.47. The van der Waals surface area contributed by atoms with E-state index >= 15 is 0 Å².